The van der Waals surface area contributed by atoms with Gasteiger partial charge in [0.15, 0.2) is 0 Å². The van der Waals surface area contributed by atoms with Crippen LogP contribution in [0, 0.1) is 5.82 Å². The molecule has 0 bridgehead atoms. The third kappa shape index (κ3) is 4.64. The van der Waals surface area contributed by atoms with Gasteiger partial charge in [-0.25, -0.2) is 9.07 Å². The molecule has 1 atom stereocenters. The average Bonchev–Trinajstić information content (AvgIpc) is 2.84. The third-order valence-corrected chi connectivity index (χ3v) is 5.21. The first-order valence-corrected chi connectivity index (χ1v) is 10.3. The number of carbonyl (C=O) groups excluding carboxylic acids is 1. The smallest absolute Gasteiger partial charge is 0.267 e. The first kappa shape index (κ1) is 21.2. The first-order valence-electron chi connectivity index (χ1n) is 10.3. The number of para-hydroxylation sites is 1. The molecular formula is C26H22FN3O2. The molecule has 3 aromatic carbocycles. The number of rotatable bonds is 6. The molecule has 1 unspecified atom stereocenters. The van der Waals surface area contributed by atoms with Crippen LogP contribution in [0.2, 0.25) is 0 Å². The summed E-state index contributed by atoms with van der Waals surface area (Å²) < 4.78 is 14.5. The molecule has 1 amide bonds. The van der Waals surface area contributed by atoms with Gasteiger partial charge in [0.25, 0.3) is 11.5 Å². The van der Waals surface area contributed by atoms with Gasteiger partial charge in [0.05, 0.1) is 12.2 Å². The number of hydrogen-bond acceptors (Lipinski definition) is 3. The quantitative estimate of drug-likeness (QED) is 0.442. The minimum absolute atomic E-state index is 0.258. The minimum Gasteiger partial charge on any atom is -0.306 e. The van der Waals surface area contributed by atoms with Crippen molar-refractivity contribution >= 4 is 11.6 Å². The number of aromatic nitrogens is 2. The lowest BCUT2D eigenvalue weighted by atomic mass is 10.1. The molecule has 0 aliphatic carbocycles. The summed E-state index contributed by atoms with van der Waals surface area (Å²) >= 11 is 0. The summed E-state index contributed by atoms with van der Waals surface area (Å²) in [6, 6.07) is 26.9. The Kier molecular flexibility index (Phi) is 6.22. The van der Waals surface area contributed by atoms with E-state index in [2.05, 4.69) is 5.10 Å². The number of amides is 1. The van der Waals surface area contributed by atoms with E-state index in [4.69, 9.17) is 0 Å². The molecule has 0 saturated carbocycles. The van der Waals surface area contributed by atoms with Crippen molar-refractivity contribution in [3.05, 3.63) is 119 Å². The minimum atomic E-state index is -0.841. The highest BCUT2D eigenvalue weighted by molar-refractivity contribution is 5.95. The Morgan fingerprint density at radius 3 is 2.19 bits per heavy atom. The number of benzene rings is 3. The molecule has 1 heterocycles. The Morgan fingerprint density at radius 1 is 0.906 bits per heavy atom. The van der Waals surface area contributed by atoms with Crippen LogP contribution in [-0.4, -0.2) is 15.7 Å². The monoisotopic (exact) mass is 427 g/mol. The van der Waals surface area contributed by atoms with Crippen molar-refractivity contribution in [3.63, 3.8) is 0 Å². The first-order chi connectivity index (χ1) is 15.5. The molecule has 6 heteroatoms. The summed E-state index contributed by atoms with van der Waals surface area (Å²) in [5, 5.41) is 4.41. The highest BCUT2D eigenvalue weighted by atomic mass is 19.1. The van der Waals surface area contributed by atoms with Crippen LogP contribution in [0.4, 0.5) is 10.1 Å². The predicted molar refractivity (Wildman–Crippen MR) is 123 cm³/mol. The van der Waals surface area contributed by atoms with Gasteiger partial charge in [0, 0.05) is 17.3 Å². The van der Waals surface area contributed by atoms with Gasteiger partial charge >= 0.3 is 0 Å². The van der Waals surface area contributed by atoms with Crippen LogP contribution in [0.1, 0.15) is 18.5 Å². The second-order valence-electron chi connectivity index (χ2n) is 7.43. The third-order valence-electron chi connectivity index (χ3n) is 5.21. The largest absolute Gasteiger partial charge is 0.306 e. The lowest BCUT2D eigenvalue weighted by molar-refractivity contribution is -0.121. The SMILES string of the molecule is CC(C(=O)N(Cc1ccccc1)c1ccccc1)n1nc(-c2ccc(F)cc2)ccc1=O. The second-order valence-corrected chi connectivity index (χ2v) is 7.43. The van der Waals surface area contributed by atoms with E-state index < -0.39 is 6.04 Å². The van der Waals surface area contributed by atoms with E-state index in [9.17, 15) is 14.0 Å². The molecule has 0 aliphatic heterocycles. The number of carbonyl (C=O) groups is 1. The molecule has 5 nitrogen and oxygen atoms in total. The molecule has 0 spiro atoms. The number of hydrogen-bond donors (Lipinski definition) is 0. The molecule has 32 heavy (non-hydrogen) atoms. The topological polar surface area (TPSA) is 55.2 Å². The van der Waals surface area contributed by atoms with Crippen molar-refractivity contribution in [2.24, 2.45) is 0 Å². The Morgan fingerprint density at radius 2 is 1.53 bits per heavy atom. The van der Waals surface area contributed by atoms with Crippen LogP contribution >= 0.6 is 0 Å². The fraction of sp³-hybridized carbons (Fsp3) is 0.115. The van der Waals surface area contributed by atoms with Crippen molar-refractivity contribution in [2.45, 2.75) is 19.5 Å². The van der Waals surface area contributed by atoms with E-state index in [0.29, 0.717) is 17.8 Å². The van der Waals surface area contributed by atoms with E-state index in [1.165, 1.54) is 22.9 Å². The van der Waals surface area contributed by atoms with E-state index in [0.717, 1.165) is 11.3 Å². The van der Waals surface area contributed by atoms with Crippen LogP contribution in [0.15, 0.2) is 102 Å². The van der Waals surface area contributed by atoms with Gasteiger partial charge in [-0.3, -0.25) is 9.59 Å². The zero-order valence-corrected chi connectivity index (χ0v) is 17.6. The van der Waals surface area contributed by atoms with Gasteiger partial charge < -0.3 is 4.90 Å². The highest BCUT2D eigenvalue weighted by Gasteiger charge is 2.25. The molecule has 4 rings (SSSR count). The lowest BCUT2D eigenvalue weighted by Gasteiger charge is -2.26. The molecule has 0 N–H and O–H groups in total. The normalized spacial score (nSPS) is 11.7. The maximum absolute atomic E-state index is 13.6. The highest BCUT2D eigenvalue weighted by Crippen LogP contribution is 2.22. The summed E-state index contributed by atoms with van der Waals surface area (Å²) in [6.45, 7) is 2.02. The van der Waals surface area contributed by atoms with E-state index in [-0.39, 0.29) is 17.3 Å². The lowest BCUT2D eigenvalue weighted by Crippen LogP contribution is -2.40. The summed E-state index contributed by atoms with van der Waals surface area (Å²) in [5.41, 5.74) is 2.46. The van der Waals surface area contributed by atoms with E-state index >= 15 is 0 Å². The fourth-order valence-electron chi connectivity index (χ4n) is 3.48. The predicted octanol–water partition coefficient (Wildman–Crippen LogP) is 4.84. The zero-order valence-electron chi connectivity index (χ0n) is 17.6. The molecule has 0 fully saturated rings. The molecule has 0 aliphatic rings. The molecule has 0 saturated heterocycles. The Bertz CT molecular complexity index is 1260. The summed E-state index contributed by atoms with van der Waals surface area (Å²) in [6.07, 6.45) is 0. The van der Waals surface area contributed by atoms with Crippen molar-refractivity contribution < 1.29 is 9.18 Å². The van der Waals surface area contributed by atoms with Gasteiger partial charge in [0.1, 0.15) is 11.9 Å². The molecular weight excluding hydrogens is 405 g/mol. The van der Waals surface area contributed by atoms with Gasteiger partial charge in [-0.15, -0.1) is 0 Å². The van der Waals surface area contributed by atoms with Crippen molar-refractivity contribution in [1.82, 2.24) is 9.78 Å². The molecule has 160 valence electrons. The van der Waals surface area contributed by atoms with Crippen LogP contribution in [-0.2, 0) is 11.3 Å². The molecule has 4 aromatic rings. The Labute approximate surface area is 185 Å². The second kappa shape index (κ2) is 9.39. The summed E-state index contributed by atoms with van der Waals surface area (Å²) in [7, 11) is 0. The van der Waals surface area contributed by atoms with Crippen molar-refractivity contribution in [3.8, 4) is 11.3 Å². The van der Waals surface area contributed by atoms with Gasteiger partial charge in [0.2, 0.25) is 0 Å². The maximum atomic E-state index is 13.6. The van der Waals surface area contributed by atoms with Gasteiger partial charge in [-0.05, 0) is 55.0 Å². The average molecular weight is 427 g/mol. The van der Waals surface area contributed by atoms with Gasteiger partial charge in [-0.1, -0.05) is 48.5 Å². The van der Waals surface area contributed by atoms with Crippen LogP contribution in [0.5, 0.6) is 0 Å². The van der Waals surface area contributed by atoms with Crippen LogP contribution in [0.3, 0.4) is 0 Å². The Hall–Kier alpha value is -4.06. The van der Waals surface area contributed by atoms with Crippen molar-refractivity contribution in [1.29, 1.82) is 0 Å². The molecule has 0 radical (unpaired) electrons. The van der Waals surface area contributed by atoms with Crippen LogP contribution in [0.25, 0.3) is 11.3 Å². The zero-order chi connectivity index (χ0) is 22.5. The van der Waals surface area contributed by atoms with Crippen molar-refractivity contribution in [2.75, 3.05) is 4.90 Å². The standard InChI is InChI=1S/C26H22FN3O2/c1-19(30-25(31)17-16-24(28-30)21-12-14-22(27)15-13-21)26(32)29(23-10-6-3-7-11-23)18-20-8-4-2-5-9-20/h2-17,19H,18H2,1H3. The number of halogens is 1. The van der Waals surface area contributed by atoms with Crippen LogP contribution < -0.4 is 10.5 Å². The Balaban J connectivity index is 1.69. The molecule has 1 aromatic heterocycles. The van der Waals surface area contributed by atoms with E-state index in [1.54, 1.807) is 30.0 Å². The number of anilines is 1. The maximum Gasteiger partial charge on any atom is 0.267 e. The van der Waals surface area contributed by atoms with E-state index in [1.807, 2.05) is 60.7 Å². The number of nitrogens with zero attached hydrogens (tertiary/aromatic N) is 3. The summed E-state index contributed by atoms with van der Waals surface area (Å²) in [4.78, 5) is 27.8. The summed E-state index contributed by atoms with van der Waals surface area (Å²) in [5.74, 6) is -0.615. The fourth-order valence-corrected chi connectivity index (χ4v) is 3.48. The van der Waals surface area contributed by atoms with Gasteiger partial charge in [-0.2, -0.15) is 5.10 Å².